The Balaban J connectivity index is 2.46. The van der Waals surface area contributed by atoms with Crippen LogP contribution in [0.15, 0.2) is 0 Å². The Bertz CT molecular complexity index is 116. The maximum Gasteiger partial charge on any atom is 0.0683 e. The zero-order valence-electron chi connectivity index (χ0n) is 6.49. The van der Waals surface area contributed by atoms with Crippen molar-refractivity contribution in [3.05, 3.63) is 0 Å². The number of likely N-dealkylation sites (tertiary alicyclic amines) is 1. The molecule has 0 radical (unpaired) electrons. The minimum absolute atomic E-state index is 0.148. The molecule has 3 nitrogen and oxygen atoms in total. The lowest BCUT2D eigenvalue weighted by Crippen LogP contribution is -2.34. The van der Waals surface area contributed by atoms with Crippen molar-refractivity contribution < 1.29 is 10.2 Å². The van der Waals surface area contributed by atoms with Crippen LogP contribution in [0.5, 0.6) is 0 Å². The van der Waals surface area contributed by atoms with E-state index in [-0.39, 0.29) is 18.2 Å². The van der Waals surface area contributed by atoms with Gasteiger partial charge in [0, 0.05) is 12.6 Å². The molecule has 2 N–H and O–H groups in total. The summed E-state index contributed by atoms with van der Waals surface area (Å²) in [5, 5.41) is 18.4. The molecule has 1 fully saturated rings. The average Bonchev–Trinajstić information content (AvgIpc) is 2.10. The van der Waals surface area contributed by atoms with Gasteiger partial charge in [0.15, 0.2) is 0 Å². The van der Waals surface area contributed by atoms with Gasteiger partial charge in [-0.15, -0.1) is 0 Å². The van der Waals surface area contributed by atoms with Crippen LogP contribution in [-0.2, 0) is 0 Å². The van der Waals surface area contributed by atoms with Crippen LogP contribution in [0.2, 0.25) is 0 Å². The molecular weight excluding hydrogens is 130 g/mol. The van der Waals surface area contributed by atoms with E-state index in [1.165, 1.54) is 0 Å². The number of hydrogen-bond acceptors (Lipinski definition) is 3. The number of rotatable bonds is 1. The van der Waals surface area contributed by atoms with E-state index in [0.717, 1.165) is 0 Å². The van der Waals surface area contributed by atoms with Gasteiger partial charge in [-0.25, -0.2) is 0 Å². The molecular formula is C7H15NO2. The summed E-state index contributed by atoms with van der Waals surface area (Å²) in [6, 6.07) is 0.148. The van der Waals surface area contributed by atoms with Crippen LogP contribution >= 0.6 is 0 Å². The first kappa shape index (κ1) is 7.98. The van der Waals surface area contributed by atoms with Gasteiger partial charge in [-0.05, 0) is 20.4 Å². The van der Waals surface area contributed by atoms with Crippen molar-refractivity contribution in [3.8, 4) is 0 Å². The number of hydrogen-bond donors (Lipinski definition) is 2. The standard InChI is InChI=1S/C7H15NO2/c1-5(9)7-3-6(10)4-8(7)2/h5-7,9-10H,3-4H2,1-2H3. The van der Waals surface area contributed by atoms with Crippen LogP contribution in [-0.4, -0.2) is 47.0 Å². The number of aliphatic hydroxyl groups is 2. The quantitative estimate of drug-likeness (QED) is 0.519. The van der Waals surface area contributed by atoms with Crippen molar-refractivity contribution in [1.29, 1.82) is 0 Å². The summed E-state index contributed by atoms with van der Waals surface area (Å²) in [4.78, 5) is 2.00. The lowest BCUT2D eigenvalue weighted by Gasteiger charge is -2.21. The second kappa shape index (κ2) is 2.86. The van der Waals surface area contributed by atoms with E-state index < -0.39 is 0 Å². The molecule has 1 aliphatic heterocycles. The second-order valence-electron chi connectivity index (χ2n) is 3.14. The monoisotopic (exact) mass is 145 g/mol. The Morgan fingerprint density at radius 3 is 2.40 bits per heavy atom. The molecule has 0 aliphatic carbocycles. The van der Waals surface area contributed by atoms with Gasteiger partial charge in [0.2, 0.25) is 0 Å². The smallest absolute Gasteiger partial charge is 0.0683 e. The van der Waals surface area contributed by atoms with Gasteiger partial charge in [0.1, 0.15) is 0 Å². The number of likely N-dealkylation sites (N-methyl/N-ethyl adjacent to an activating group) is 1. The summed E-state index contributed by atoms with van der Waals surface area (Å²) >= 11 is 0. The van der Waals surface area contributed by atoms with Gasteiger partial charge < -0.3 is 10.2 Å². The largest absolute Gasteiger partial charge is 0.392 e. The molecule has 0 bridgehead atoms. The second-order valence-corrected chi connectivity index (χ2v) is 3.14. The van der Waals surface area contributed by atoms with Gasteiger partial charge in [0.25, 0.3) is 0 Å². The molecule has 1 rings (SSSR count). The number of nitrogens with zero attached hydrogens (tertiary/aromatic N) is 1. The Morgan fingerprint density at radius 2 is 2.20 bits per heavy atom. The van der Waals surface area contributed by atoms with Crippen LogP contribution in [0.4, 0.5) is 0 Å². The lowest BCUT2D eigenvalue weighted by atomic mass is 10.1. The van der Waals surface area contributed by atoms with E-state index >= 15 is 0 Å². The molecule has 0 spiro atoms. The van der Waals surface area contributed by atoms with Crippen LogP contribution in [0.1, 0.15) is 13.3 Å². The third-order valence-electron chi connectivity index (χ3n) is 2.14. The molecule has 1 saturated heterocycles. The van der Waals surface area contributed by atoms with Crippen LogP contribution in [0, 0.1) is 0 Å². The van der Waals surface area contributed by atoms with Gasteiger partial charge in [-0.1, -0.05) is 0 Å². The van der Waals surface area contributed by atoms with Crippen LogP contribution in [0.3, 0.4) is 0 Å². The summed E-state index contributed by atoms with van der Waals surface area (Å²) in [7, 11) is 1.92. The van der Waals surface area contributed by atoms with Crippen molar-refractivity contribution in [2.45, 2.75) is 31.6 Å². The minimum Gasteiger partial charge on any atom is -0.392 e. The van der Waals surface area contributed by atoms with Gasteiger partial charge in [-0.2, -0.15) is 0 Å². The van der Waals surface area contributed by atoms with E-state index in [0.29, 0.717) is 13.0 Å². The highest BCUT2D eigenvalue weighted by Crippen LogP contribution is 2.17. The number of β-amino-alcohol motifs (C(OH)–C–C–N with tert-alkyl or cyclic N) is 1. The molecule has 10 heavy (non-hydrogen) atoms. The van der Waals surface area contributed by atoms with E-state index in [4.69, 9.17) is 5.11 Å². The number of aliphatic hydroxyl groups excluding tert-OH is 2. The lowest BCUT2D eigenvalue weighted by molar-refractivity contribution is 0.100. The molecule has 1 aliphatic rings. The third kappa shape index (κ3) is 1.48. The highest BCUT2D eigenvalue weighted by atomic mass is 16.3. The normalized spacial score (nSPS) is 38.4. The first-order chi connectivity index (χ1) is 4.61. The SMILES string of the molecule is CC(O)C1CC(O)CN1C. The van der Waals surface area contributed by atoms with E-state index in [9.17, 15) is 5.11 Å². The third-order valence-corrected chi connectivity index (χ3v) is 2.14. The Hall–Kier alpha value is -0.120. The molecule has 0 amide bonds. The van der Waals surface area contributed by atoms with Crippen molar-refractivity contribution in [3.63, 3.8) is 0 Å². The molecule has 1 heterocycles. The predicted octanol–water partition coefficient (Wildman–Crippen LogP) is -0.568. The fraction of sp³-hybridized carbons (Fsp3) is 1.00. The van der Waals surface area contributed by atoms with Crippen molar-refractivity contribution >= 4 is 0 Å². The van der Waals surface area contributed by atoms with Gasteiger partial charge in [-0.3, -0.25) is 4.90 Å². The Morgan fingerprint density at radius 1 is 1.60 bits per heavy atom. The molecule has 3 unspecified atom stereocenters. The molecule has 60 valence electrons. The summed E-state index contributed by atoms with van der Waals surface area (Å²) in [5.41, 5.74) is 0. The molecule has 0 aromatic rings. The van der Waals surface area contributed by atoms with Crippen molar-refractivity contribution in [2.24, 2.45) is 0 Å². The predicted molar refractivity (Wildman–Crippen MR) is 38.7 cm³/mol. The fourth-order valence-corrected chi connectivity index (χ4v) is 1.57. The zero-order valence-corrected chi connectivity index (χ0v) is 6.49. The van der Waals surface area contributed by atoms with E-state index in [1.807, 2.05) is 11.9 Å². The summed E-state index contributed by atoms with van der Waals surface area (Å²) < 4.78 is 0. The average molecular weight is 145 g/mol. The summed E-state index contributed by atoms with van der Waals surface area (Å²) in [5.74, 6) is 0. The van der Waals surface area contributed by atoms with Crippen LogP contribution in [0.25, 0.3) is 0 Å². The van der Waals surface area contributed by atoms with Crippen molar-refractivity contribution in [1.82, 2.24) is 4.90 Å². The van der Waals surface area contributed by atoms with Crippen LogP contribution < -0.4 is 0 Å². The van der Waals surface area contributed by atoms with E-state index in [2.05, 4.69) is 0 Å². The Labute approximate surface area is 61.3 Å². The first-order valence-corrected chi connectivity index (χ1v) is 3.67. The van der Waals surface area contributed by atoms with E-state index in [1.54, 1.807) is 6.92 Å². The summed E-state index contributed by atoms with van der Waals surface area (Å²) in [6.45, 7) is 2.45. The maximum atomic E-state index is 9.19. The molecule has 3 heteroatoms. The van der Waals surface area contributed by atoms with Gasteiger partial charge in [0.05, 0.1) is 12.2 Å². The highest BCUT2D eigenvalue weighted by Gasteiger charge is 2.30. The topological polar surface area (TPSA) is 43.7 Å². The molecule has 3 atom stereocenters. The van der Waals surface area contributed by atoms with Crippen molar-refractivity contribution in [2.75, 3.05) is 13.6 Å². The Kier molecular flexibility index (Phi) is 2.28. The maximum absolute atomic E-state index is 9.19. The summed E-state index contributed by atoms with van der Waals surface area (Å²) in [6.07, 6.45) is 0.125. The fourth-order valence-electron chi connectivity index (χ4n) is 1.57. The molecule has 0 aromatic carbocycles. The molecule has 0 saturated carbocycles. The zero-order chi connectivity index (χ0) is 7.72. The van der Waals surface area contributed by atoms with Gasteiger partial charge >= 0.3 is 0 Å². The highest BCUT2D eigenvalue weighted by molar-refractivity contribution is 4.85. The minimum atomic E-state index is -0.331. The first-order valence-electron chi connectivity index (χ1n) is 3.67. The molecule has 0 aromatic heterocycles.